The van der Waals surface area contributed by atoms with Gasteiger partial charge in [-0.1, -0.05) is 11.2 Å². The quantitative estimate of drug-likeness (QED) is 0.616. The second-order valence-electron chi connectivity index (χ2n) is 11.1. The van der Waals surface area contributed by atoms with Gasteiger partial charge in [0.05, 0.1) is 11.3 Å². The van der Waals surface area contributed by atoms with E-state index in [0.717, 1.165) is 65.8 Å². The maximum absolute atomic E-state index is 13.7. The molecule has 1 aliphatic heterocycles. The van der Waals surface area contributed by atoms with Crippen molar-refractivity contribution in [3.63, 3.8) is 0 Å². The summed E-state index contributed by atoms with van der Waals surface area (Å²) in [6.07, 6.45) is 8.69. The molecule has 1 aromatic rings. The SMILES string of the molecule is Cc1cc2c(cc1CN=O)C(CC(=O)C13CC4CC(CC(C4)C1)C3)=NC(C)(C)C2. The largest absolute Gasteiger partial charge is 0.299 e. The molecule has 4 saturated carbocycles. The minimum atomic E-state index is -0.194. The Balaban J connectivity index is 1.48. The smallest absolute Gasteiger partial charge is 0.145 e. The fraction of sp³-hybridized carbons (Fsp3) is 0.680. The molecule has 0 radical (unpaired) electrons. The first-order chi connectivity index (χ1) is 13.8. The van der Waals surface area contributed by atoms with E-state index in [1.165, 1.54) is 24.8 Å². The van der Waals surface area contributed by atoms with Crippen molar-refractivity contribution in [3.05, 3.63) is 39.3 Å². The summed E-state index contributed by atoms with van der Waals surface area (Å²) < 4.78 is 0. The lowest BCUT2D eigenvalue weighted by Crippen LogP contribution is -2.50. The first-order valence-corrected chi connectivity index (χ1v) is 11.3. The van der Waals surface area contributed by atoms with Crippen LogP contribution in [0.3, 0.4) is 0 Å². The Hall–Kier alpha value is -1.84. The maximum Gasteiger partial charge on any atom is 0.145 e. The molecule has 29 heavy (non-hydrogen) atoms. The molecule has 4 fully saturated rings. The second kappa shape index (κ2) is 6.58. The molecular weight excluding hydrogens is 360 g/mol. The molecule has 5 aliphatic rings. The molecule has 0 unspecified atom stereocenters. The normalized spacial score (nSPS) is 33.9. The van der Waals surface area contributed by atoms with Crippen LogP contribution in [0.25, 0.3) is 0 Å². The van der Waals surface area contributed by atoms with Crippen molar-refractivity contribution in [2.75, 3.05) is 0 Å². The monoisotopic (exact) mass is 392 g/mol. The fourth-order valence-electron chi connectivity index (χ4n) is 7.33. The lowest BCUT2D eigenvalue weighted by molar-refractivity contribution is -0.142. The van der Waals surface area contributed by atoms with Crippen LogP contribution in [-0.4, -0.2) is 17.0 Å². The van der Waals surface area contributed by atoms with Crippen molar-refractivity contribution in [2.24, 2.45) is 33.3 Å². The van der Waals surface area contributed by atoms with Crippen molar-refractivity contribution < 1.29 is 4.79 Å². The highest BCUT2D eigenvalue weighted by atomic mass is 16.3. The highest BCUT2D eigenvalue weighted by molar-refractivity contribution is 6.14. The number of rotatable bonds is 5. The molecule has 0 aromatic heterocycles. The van der Waals surface area contributed by atoms with Crippen LogP contribution in [0.4, 0.5) is 0 Å². The van der Waals surface area contributed by atoms with Crippen LogP contribution in [0.2, 0.25) is 0 Å². The number of ketones is 1. The Labute approximate surface area is 173 Å². The average Bonchev–Trinajstić information content (AvgIpc) is 2.61. The number of nitroso groups, excluding NO2 is 1. The summed E-state index contributed by atoms with van der Waals surface area (Å²) in [6, 6.07) is 4.26. The molecule has 0 amide bonds. The van der Waals surface area contributed by atoms with Gasteiger partial charge in [-0.3, -0.25) is 9.79 Å². The van der Waals surface area contributed by atoms with E-state index in [-0.39, 0.29) is 17.5 Å². The highest BCUT2D eigenvalue weighted by Crippen LogP contribution is 2.60. The van der Waals surface area contributed by atoms with Gasteiger partial charge in [-0.05, 0) is 112 Å². The van der Waals surface area contributed by atoms with Crippen molar-refractivity contribution in [1.82, 2.24) is 0 Å². The van der Waals surface area contributed by atoms with Crippen LogP contribution in [0, 0.1) is 35.0 Å². The summed E-state index contributed by atoms with van der Waals surface area (Å²) in [5, 5.41) is 3.10. The number of carbonyl (C=O) groups excluding carboxylic acids is 1. The molecule has 1 aromatic carbocycles. The molecule has 0 saturated heterocycles. The van der Waals surface area contributed by atoms with Crippen molar-refractivity contribution in [2.45, 2.75) is 84.2 Å². The number of aryl methyl sites for hydroxylation is 1. The number of nitrogens with zero attached hydrogens (tertiary/aromatic N) is 2. The lowest BCUT2D eigenvalue weighted by Gasteiger charge is -2.56. The standard InChI is InChI=1S/C25H32N2O2/c1-15-4-19-13-24(2,3)27-22(21(19)8-20(15)14-26-29)9-23(28)25-10-16-5-17(11-25)7-18(6-16)12-25/h4,8,16-18H,5-7,9-14H2,1-3H3. The van der Waals surface area contributed by atoms with Crippen molar-refractivity contribution in [3.8, 4) is 0 Å². The van der Waals surface area contributed by atoms with E-state index in [9.17, 15) is 9.70 Å². The molecule has 154 valence electrons. The van der Waals surface area contributed by atoms with Gasteiger partial charge in [0, 0.05) is 11.8 Å². The summed E-state index contributed by atoms with van der Waals surface area (Å²) in [5.74, 6) is 2.75. The van der Waals surface area contributed by atoms with Crippen LogP contribution < -0.4 is 0 Å². The molecule has 4 heteroatoms. The number of Topliss-reactive ketones (excluding diaryl/α,β-unsaturated/α-hetero) is 1. The van der Waals surface area contributed by atoms with Gasteiger partial charge in [-0.25, -0.2) is 0 Å². The molecule has 0 atom stereocenters. The molecule has 0 N–H and O–H groups in total. The van der Waals surface area contributed by atoms with E-state index in [2.05, 4.69) is 31.2 Å². The Kier molecular flexibility index (Phi) is 4.34. The van der Waals surface area contributed by atoms with Gasteiger partial charge in [-0.2, -0.15) is 4.91 Å². The first-order valence-electron chi connectivity index (χ1n) is 11.3. The Morgan fingerprint density at radius 3 is 2.31 bits per heavy atom. The van der Waals surface area contributed by atoms with Gasteiger partial charge < -0.3 is 0 Å². The Morgan fingerprint density at radius 1 is 1.10 bits per heavy atom. The number of aliphatic imine (C=N–C) groups is 1. The van der Waals surface area contributed by atoms with Gasteiger partial charge in [0.15, 0.2) is 0 Å². The minimum absolute atomic E-state index is 0.0864. The zero-order chi connectivity index (χ0) is 20.4. The van der Waals surface area contributed by atoms with E-state index in [1.54, 1.807) is 0 Å². The molecular formula is C25H32N2O2. The highest BCUT2D eigenvalue weighted by Gasteiger charge is 2.54. The zero-order valence-corrected chi connectivity index (χ0v) is 18.0. The first kappa shape index (κ1) is 19.1. The minimum Gasteiger partial charge on any atom is -0.299 e. The van der Waals surface area contributed by atoms with Crippen molar-refractivity contribution in [1.29, 1.82) is 0 Å². The van der Waals surface area contributed by atoms with Gasteiger partial charge in [-0.15, -0.1) is 0 Å². The summed E-state index contributed by atoms with van der Waals surface area (Å²) >= 11 is 0. The van der Waals surface area contributed by atoms with E-state index in [0.29, 0.717) is 12.2 Å². The summed E-state index contributed by atoms with van der Waals surface area (Å²) in [4.78, 5) is 29.6. The Bertz CT molecular complexity index is 876. The number of hydrogen-bond donors (Lipinski definition) is 0. The fourth-order valence-corrected chi connectivity index (χ4v) is 7.33. The summed E-state index contributed by atoms with van der Waals surface area (Å²) in [7, 11) is 0. The van der Waals surface area contributed by atoms with Gasteiger partial charge >= 0.3 is 0 Å². The molecule has 4 nitrogen and oxygen atoms in total. The topological polar surface area (TPSA) is 58.9 Å². The third kappa shape index (κ3) is 3.29. The van der Waals surface area contributed by atoms with E-state index in [1.807, 2.05) is 6.92 Å². The predicted octanol–water partition coefficient (Wildman–Crippen LogP) is 5.56. The predicted molar refractivity (Wildman–Crippen MR) is 115 cm³/mol. The van der Waals surface area contributed by atoms with Crippen LogP contribution in [0.5, 0.6) is 0 Å². The lowest BCUT2D eigenvalue weighted by atomic mass is 9.48. The summed E-state index contributed by atoms with van der Waals surface area (Å²) in [5.41, 5.74) is 5.04. The summed E-state index contributed by atoms with van der Waals surface area (Å²) in [6.45, 7) is 6.53. The number of carbonyl (C=O) groups is 1. The van der Waals surface area contributed by atoms with E-state index in [4.69, 9.17) is 4.99 Å². The second-order valence-corrected chi connectivity index (χ2v) is 11.1. The van der Waals surface area contributed by atoms with Gasteiger partial charge in [0.25, 0.3) is 0 Å². The van der Waals surface area contributed by atoms with Gasteiger partial charge in [0.1, 0.15) is 12.3 Å². The van der Waals surface area contributed by atoms with Crippen LogP contribution >= 0.6 is 0 Å². The van der Waals surface area contributed by atoms with Crippen LogP contribution in [0.15, 0.2) is 22.3 Å². The van der Waals surface area contributed by atoms with Crippen LogP contribution in [-0.2, 0) is 17.8 Å². The molecule has 6 rings (SSSR count). The number of hydrogen-bond acceptors (Lipinski definition) is 4. The zero-order valence-electron chi connectivity index (χ0n) is 18.0. The maximum atomic E-state index is 13.7. The molecule has 4 aliphatic carbocycles. The number of benzene rings is 1. The Morgan fingerprint density at radius 2 is 1.72 bits per heavy atom. The third-order valence-electron chi connectivity index (χ3n) is 8.13. The van der Waals surface area contributed by atoms with Crippen LogP contribution in [0.1, 0.15) is 81.0 Å². The molecule has 0 spiro atoms. The van der Waals surface area contributed by atoms with Crippen molar-refractivity contribution >= 4 is 11.5 Å². The molecule has 1 heterocycles. The van der Waals surface area contributed by atoms with E-state index < -0.39 is 0 Å². The number of fused-ring (bicyclic) bond motifs is 1. The van der Waals surface area contributed by atoms with E-state index >= 15 is 0 Å². The third-order valence-corrected chi connectivity index (χ3v) is 8.13. The molecule has 4 bridgehead atoms. The van der Waals surface area contributed by atoms with Gasteiger partial charge in [0.2, 0.25) is 0 Å². The average molecular weight is 393 g/mol.